The normalized spacial score (nSPS) is 10.8. The predicted molar refractivity (Wildman–Crippen MR) is 63.1 cm³/mol. The molecule has 3 N–H and O–H groups in total. The Morgan fingerprint density at radius 2 is 2.25 bits per heavy atom. The molecule has 1 rings (SSSR count). The van der Waals surface area contributed by atoms with Gasteiger partial charge in [-0.15, -0.1) is 0 Å². The highest BCUT2D eigenvalue weighted by molar-refractivity contribution is 5.94. The van der Waals surface area contributed by atoms with Gasteiger partial charge in [0.1, 0.15) is 5.69 Å². The summed E-state index contributed by atoms with van der Waals surface area (Å²) in [6.07, 6.45) is 1.70. The Kier molecular flexibility index (Phi) is 3.95. The van der Waals surface area contributed by atoms with Crippen LogP contribution in [-0.4, -0.2) is 39.7 Å². The van der Waals surface area contributed by atoms with E-state index < -0.39 is 0 Å². The van der Waals surface area contributed by atoms with E-state index in [4.69, 9.17) is 10.8 Å². The van der Waals surface area contributed by atoms with Gasteiger partial charge in [-0.3, -0.25) is 4.79 Å². The highest BCUT2D eigenvalue weighted by Crippen LogP contribution is 2.13. The Hall–Kier alpha value is -1.49. The lowest BCUT2D eigenvalue weighted by Gasteiger charge is -2.25. The number of aliphatic hydroxyl groups is 1. The predicted octanol–water partition coefficient (Wildman–Crippen LogP) is 0.450. The van der Waals surface area contributed by atoms with E-state index in [1.165, 1.54) is 0 Å². The number of aromatic nitrogens is 1. The Balaban J connectivity index is 2.94. The molecule has 1 heterocycles. The van der Waals surface area contributed by atoms with Crippen molar-refractivity contribution in [2.45, 2.75) is 19.9 Å². The van der Waals surface area contributed by atoms with Gasteiger partial charge in [0.25, 0.3) is 5.91 Å². The molecule has 16 heavy (non-hydrogen) atoms. The van der Waals surface area contributed by atoms with E-state index in [-0.39, 0.29) is 18.6 Å². The third-order valence-electron chi connectivity index (χ3n) is 2.47. The number of hydrogen-bond donors (Lipinski definition) is 2. The molecular formula is C11H19N3O2. The van der Waals surface area contributed by atoms with Crippen LogP contribution in [0.2, 0.25) is 0 Å². The number of aliphatic hydroxyl groups excluding tert-OH is 1. The van der Waals surface area contributed by atoms with Crippen molar-refractivity contribution >= 4 is 11.6 Å². The first-order chi connectivity index (χ1) is 7.47. The molecule has 0 aliphatic rings. The minimum absolute atomic E-state index is 0.0379. The summed E-state index contributed by atoms with van der Waals surface area (Å²) in [7, 11) is 1.78. The van der Waals surface area contributed by atoms with Crippen molar-refractivity contribution in [1.29, 1.82) is 0 Å². The van der Waals surface area contributed by atoms with E-state index in [1.807, 2.05) is 13.8 Å². The lowest BCUT2D eigenvalue weighted by atomic mass is 10.2. The van der Waals surface area contributed by atoms with Crippen LogP contribution in [-0.2, 0) is 7.05 Å². The molecule has 1 aromatic heterocycles. The van der Waals surface area contributed by atoms with Gasteiger partial charge < -0.3 is 20.3 Å². The summed E-state index contributed by atoms with van der Waals surface area (Å²) in [5.41, 5.74) is 6.74. The van der Waals surface area contributed by atoms with E-state index in [9.17, 15) is 4.79 Å². The second-order valence-corrected chi connectivity index (χ2v) is 4.09. The van der Waals surface area contributed by atoms with E-state index in [0.29, 0.717) is 17.9 Å². The van der Waals surface area contributed by atoms with E-state index in [2.05, 4.69) is 0 Å². The monoisotopic (exact) mass is 225 g/mol. The van der Waals surface area contributed by atoms with Gasteiger partial charge in [0, 0.05) is 25.8 Å². The lowest BCUT2D eigenvalue weighted by Crippen LogP contribution is -2.39. The number of carbonyl (C=O) groups excluding carboxylic acids is 1. The average molecular weight is 225 g/mol. The Morgan fingerprint density at radius 1 is 1.62 bits per heavy atom. The molecule has 5 heteroatoms. The quantitative estimate of drug-likeness (QED) is 0.781. The first-order valence-corrected chi connectivity index (χ1v) is 5.31. The minimum atomic E-state index is -0.108. The molecule has 0 spiro atoms. The molecule has 0 saturated heterocycles. The molecule has 1 amide bonds. The fourth-order valence-electron chi connectivity index (χ4n) is 1.65. The van der Waals surface area contributed by atoms with Crippen LogP contribution in [0.15, 0.2) is 12.3 Å². The number of nitrogens with two attached hydrogens (primary N) is 1. The van der Waals surface area contributed by atoms with Crippen LogP contribution >= 0.6 is 0 Å². The maximum atomic E-state index is 12.1. The van der Waals surface area contributed by atoms with Gasteiger partial charge in [0.2, 0.25) is 0 Å². The fraction of sp³-hybridized carbons (Fsp3) is 0.545. The second-order valence-electron chi connectivity index (χ2n) is 4.09. The van der Waals surface area contributed by atoms with E-state index in [1.54, 1.807) is 28.8 Å². The van der Waals surface area contributed by atoms with E-state index >= 15 is 0 Å². The summed E-state index contributed by atoms with van der Waals surface area (Å²) in [6, 6.07) is 1.70. The number of hydrogen-bond acceptors (Lipinski definition) is 3. The molecule has 0 aliphatic carbocycles. The van der Waals surface area contributed by atoms with Crippen molar-refractivity contribution in [1.82, 2.24) is 9.47 Å². The van der Waals surface area contributed by atoms with Crippen LogP contribution in [0, 0.1) is 0 Å². The van der Waals surface area contributed by atoms with Crippen molar-refractivity contribution < 1.29 is 9.90 Å². The number of aryl methyl sites for hydroxylation is 1. The third-order valence-corrected chi connectivity index (χ3v) is 2.47. The van der Waals surface area contributed by atoms with Crippen LogP contribution < -0.4 is 5.73 Å². The largest absolute Gasteiger partial charge is 0.397 e. The van der Waals surface area contributed by atoms with Gasteiger partial charge in [-0.2, -0.15) is 0 Å². The third kappa shape index (κ3) is 2.55. The van der Waals surface area contributed by atoms with Crippen LogP contribution in [0.3, 0.4) is 0 Å². The molecular weight excluding hydrogens is 206 g/mol. The minimum Gasteiger partial charge on any atom is -0.397 e. The number of carbonyl (C=O) groups is 1. The Morgan fingerprint density at radius 3 is 2.62 bits per heavy atom. The van der Waals surface area contributed by atoms with Gasteiger partial charge in [0.15, 0.2) is 0 Å². The fourth-order valence-corrected chi connectivity index (χ4v) is 1.65. The van der Waals surface area contributed by atoms with Gasteiger partial charge in [-0.1, -0.05) is 0 Å². The number of nitrogen functional groups attached to an aromatic ring is 1. The molecule has 0 saturated carbocycles. The lowest BCUT2D eigenvalue weighted by molar-refractivity contribution is 0.0655. The topological polar surface area (TPSA) is 71.5 Å². The molecule has 0 atom stereocenters. The van der Waals surface area contributed by atoms with Crippen molar-refractivity contribution in [3.05, 3.63) is 18.0 Å². The number of rotatable bonds is 4. The summed E-state index contributed by atoms with van der Waals surface area (Å²) in [4.78, 5) is 13.8. The van der Waals surface area contributed by atoms with Crippen molar-refractivity contribution in [3.8, 4) is 0 Å². The summed E-state index contributed by atoms with van der Waals surface area (Å²) >= 11 is 0. The number of nitrogens with zero attached hydrogens (tertiary/aromatic N) is 2. The van der Waals surface area contributed by atoms with Gasteiger partial charge >= 0.3 is 0 Å². The molecule has 0 radical (unpaired) electrons. The second kappa shape index (κ2) is 5.03. The maximum absolute atomic E-state index is 12.1. The number of amides is 1. The molecule has 0 unspecified atom stereocenters. The Labute approximate surface area is 95.5 Å². The summed E-state index contributed by atoms with van der Waals surface area (Å²) in [5, 5.41) is 8.93. The zero-order valence-corrected chi connectivity index (χ0v) is 9.97. The van der Waals surface area contributed by atoms with Crippen LogP contribution in [0.1, 0.15) is 24.3 Å². The first-order valence-electron chi connectivity index (χ1n) is 5.31. The Bertz CT molecular complexity index is 371. The average Bonchev–Trinajstić information content (AvgIpc) is 2.53. The summed E-state index contributed by atoms with van der Waals surface area (Å²) in [6.45, 7) is 4.13. The standard InChI is InChI=1S/C11H19N3O2/c1-8(2)14(4-5-15)11(16)10-6-9(12)7-13(10)3/h6-8,15H,4-5,12H2,1-3H3. The van der Waals surface area contributed by atoms with Gasteiger partial charge in [0.05, 0.1) is 12.3 Å². The molecule has 5 nitrogen and oxygen atoms in total. The SMILES string of the molecule is CC(C)N(CCO)C(=O)c1cc(N)cn1C. The van der Waals surface area contributed by atoms with Crippen molar-refractivity contribution in [2.24, 2.45) is 7.05 Å². The van der Waals surface area contributed by atoms with Crippen molar-refractivity contribution in [3.63, 3.8) is 0 Å². The van der Waals surface area contributed by atoms with Gasteiger partial charge in [-0.05, 0) is 19.9 Å². The van der Waals surface area contributed by atoms with Crippen molar-refractivity contribution in [2.75, 3.05) is 18.9 Å². The molecule has 1 aromatic rings. The summed E-state index contributed by atoms with van der Waals surface area (Å²) in [5.74, 6) is -0.108. The molecule has 0 bridgehead atoms. The highest BCUT2D eigenvalue weighted by atomic mass is 16.3. The molecule has 0 fully saturated rings. The van der Waals surface area contributed by atoms with Crippen LogP contribution in [0.25, 0.3) is 0 Å². The molecule has 90 valence electrons. The van der Waals surface area contributed by atoms with Crippen LogP contribution in [0.4, 0.5) is 5.69 Å². The summed E-state index contributed by atoms with van der Waals surface area (Å²) < 4.78 is 1.70. The van der Waals surface area contributed by atoms with Crippen LogP contribution in [0.5, 0.6) is 0 Å². The maximum Gasteiger partial charge on any atom is 0.270 e. The van der Waals surface area contributed by atoms with Gasteiger partial charge in [-0.25, -0.2) is 0 Å². The zero-order valence-electron chi connectivity index (χ0n) is 9.97. The van der Waals surface area contributed by atoms with E-state index in [0.717, 1.165) is 0 Å². The zero-order chi connectivity index (χ0) is 12.3. The molecule has 0 aliphatic heterocycles. The molecule has 0 aromatic carbocycles. The smallest absolute Gasteiger partial charge is 0.270 e. The first kappa shape index (κ1) is 12.6. The number of anilines is 1. The highest BCUT2D eigenvalue weighted by Gasteiger charge is 2.20.